The Morgan fingerprint density at radius 2 is 2.14 bits per heavy atom. The molecule has 1 aromatic carbocycles. The van der Waals surface area contributed by atoms with Crippen LogP contribution in [0.1, 0.15) is 6.42 Å². The average molecular weight is 325 g/mol. The molecular formula is C14H13ClN2O3S. The Bertz CT molecular complexity index is 601. The van der Waals surface area contributed by atoms with Crippen LogP contribution < -0.4 is 0 Å². The van der Waals surface area contributed by atoms with Crippen LogP contribution in [0.15, 0.2) is 41.9 Å². The molecule has 0 bridgehead atoms. The summed E-state index contributed by atoms with van der Waals surface area (Å²) in [7, 11) is 0. The number of thioether (sulfide) groups is 1. The van der Waals surface area contributed by atoms with Gasteiger partial charge in [-0.2, -0.15) is 0 Å². The third kappa shape index (κ3) is 3.86. The number of rotatable bonds is 5. The number of amidine groups is 1. The maximum atomic E-state index is 12.2. The highest BCUT2D eigenvalue weighted by atomic mass is 35.5. The summed E-state index contributed by atoms with van der Waals surface area (Å²) in [4.78, 5) is 28.8. The summed E-state index contributed by atoms with van der Waals surface area (Å²) >= 11 is 6.97. The predicted octanol–water partition coefficient (Wildman–Crippen LogP) is 2.93. The largest absolute Gasteiger partial charge is 0.481 e. The van der Waals surface area contributed by atoms with E-state index in [1.54, 1.807) is 30.3 Å². The van der Waals surface area contributed by atoms with Crippen molar-refractivity contribution < 1.29 is 14.7 Å². The molecule has 2 rings (SSSR count). The number of halogens is 1. The van der Waals surface area contributed by atoms with E-state index in [-0.39, 0.29) is 12.3 Å². The van der Waals surface area contributed by atoms with Gasteiger partial charge in [0.05, 0.1) is 12.1 Å². The SMILES string of the molecule is C=CCN1C(=O)C(CC(=O)O)SC1=Nc1ccc(Cl)cc1. The average Bonchev–Trinajstić information content (AvgIpc) is 2.70. The van der Waals surface area contributed by atoms with Gasteiger partial charge in [0.15, 0.2) is 5.17 Å². The Morgan fingerprint density at radius 1 is 1.48 bits per heavy atom. The lowest BCUT2D eigenvalue weighted by molar-refractivity contribution is -0.139. The maximum absolute atomic E-state index is 12.2. The van der Waals surface area contributed by atoms with Gasteiger partial charge in [-0.25, -0.2) is 4.99 Å². The molecule has 1 amide bonds. The summed E-state index contributed by atoms with van der Waals surface area (Å²) in [5, 5.41) is 9.29. The van der Waals surface area contributed by atoms with Gasteiger partial charge in [0.25, 0.3) is 0 Å². The second-order valence-corrected chi connectivity index (χ2v) is 5.92. The van der Waals surface area contributed by atoms with Crippen molar-refractivity contribution in [3.05, 3.63) is 41.9 Å². The van der Waals surface area contributed by atoms with Crippen molar-refractivity contribution in [1.82, 2.24) is 4.90 Å². The molecular weight excluding hydrogens is 312 g/mol. The molecule has 21 heavy (non-hydrogen) atoms. The minimum atomic E-state index is -1.01. The Labute approximate surface area is 131 Å². The number of carboxylic acids is 1. The maximum Gasteiger partial charge on any atom is 0.305 e. The number of hydrogen-bond donors (Lipinski definition) is 1. The van der Waals surface area contributed by atoms with Gasteiger partial charge in [-0.1, -0.05) is 29.4 Å². The first-order valence-corrected chi connectivity index (χ1v) is 7.42. The van der Waals surface area contributed by atoms with Crippen LogP contribution in [-0.4, -0.2) is 38.8 Å². The second kappa shape index (κ2) is 6.78. The van der Waals surface area contributed by atoms with Gasteiger partial charge in [0, 0.05) is 11.6 Å². The number of amides is 1. The van der Waals surface area contributed by atoms with Crippen molar-refractivity contribution in [2.45, 2.75) is 11.7 Å². The molecule has 7 heteroatoms. The summed E-state index contributed by atoms with van der Waals surface area (Å²) < 4.78 is 0. The molecule has 1 aliphatic heterocycles. The molecule has 1 aromatic rings. The molecule has 1 N–H and O–H groups in total. The molecule has 1 fully saturated rings. The smallest absolute Gasteiger partial charge is 0.305 e. The lowest BCUT2D eigenvalue weighted by Gasteiger charge is -2.13. The first-order chi connectivity index (χ1) is 10.0. The highest BCUT2D eigenvalue weighted by molar-refractivity contribution is 8.15. The Hall–Kier alpha value is -1.79. The van der Waals surface area contributed by atoms with E-state index in [1.807, 2.05) is 0 Å². The first kappa shape index (κ1) is 15.6. The van der Waals surface area contributed by atoms with E-state index >= 15 is 0 Å². The van der Waals surface area contributed by atoms with Gasteiger partial charge in [0.2, 0.25) is 5.91 Å². The molecule has 110 valence electrons. The van der Waals surface area contributed by atoms with Gasteiger partial charge in [-0.3, -0.25) is 14.5 Å². The molecule has 1 heterocycles. The van der Waals surface area contributed by atoms with E-state index < -0.39 is 11.2 Å². The fourth-order valence-corrected chi connectivity index (χ4v) is 3.09. The molecule has 0 spiro atoms. The van der Waals surface area contributed by atoms with Gasteiger partial charge in [0.1, 0.15) is 5.25 Å². The van der Waals surface area contributed by atoms with Gasteiger partial charge >= 0.3 is 5.97 Å². The lowest BCUT2D eigenvalue weighted by Crippen LogP contribution is -2.32. The fraction of sp³-hybridized carbons (Fsp3) is 0.214. The predicted molar refractivity (Wildman–Crippen MR) is 84.1 cm³/mol. The Morgan fingerprint density at radius 3 is 2.71 bits per heavy atom. The van der Waals surface area contributed by atoms with Gasteiger partial charge < -0.3 is 5.11 Å². The first-order valence-electron chi connectivity index (χ1n) is 6.16. The molecule has 1 unspecified atom stereocenters. The van der Waals surface area contributed by atoms with Crippen LogP contribution in [0.2, 0.25) is 5.02 Å². The van der Waals surface area contributed by atoms with Crippen molar-refractivity contribution >= 4 is 46.1 Å². The summed E-state index contributed by atoms with van der Waals surface area (Å²) in [6, 6.07) is 6.87. The molecule has 0 saturated carbocycles. The molecule has 5 nitrogen and oxygen atoms in total. The van der Waals surface area contributed by atoms with E-state index in [4.69, 9.17) is 16.7 Å². The number of carbonyl (C=O) groups is 2. The van der Waals surface area contributed by atoms with Gasteiger partial charge in [-0.05, 0) is 24.3 Å². The number of aliphatic carboxylic acids is 1. The normalized spacial score (nSPS) is 20.0. The summed E-state index contributed by atoms with van der Waals surface area (Å²) in [5.41, 5.74) is 0.653. The standard InChI is InChI=1S/C14H13ClN2O3S/c1-2-7-17-13(20)11(8-12(18)19)21-14(17)16-10-5-3-9(15)4-6-10/h2-6,11H,1,7-8H2,(H,18,19). The summed E-state index contributed by atoms with van der Waals surface area (Å²) in [6.45, 7) is 3.91. The van der Waals surface area contributed by atoms with Gasteiger partial charge in [-0.15, -0.1) is 6.58 Å². The van der Waals surface area contributed by atoms with Crippen LogP contribution in [0.25, 0.3) is 0 Å². The highest BCUT2D eigenvalue weighted by Crippen LogP contribution is 2.31. The Kier molecular flexibility index (Phi) is 5.03. The number of carbonyl (C=O) groups excluding carboxylic acids is 1. The minimum Gasteiger partial charge on any atom is -0.481 e. The van der Waals surface area contributed by atoms with E-state index in [2.05, 4.69) is 11.6 Å². The quantitative estimate of drug-likeness (QED) is 0.845. The molecule has 1 saturated heterocycles. The summed E-state index contributed by atoms with van der Waals surface area (Å²) in [5.74, 6) is -1.26. The number of aliphatic imine (C=N–C) groups is 1. The van der Waals surface area contributed by atoms with Crippen LogP contribution in [0.3, 0.4) is 0 Å². The molecule has 1 aliphatic rings. The number of nitrogens with zero attached hydrogens (tertiary/aromatic N) is 2. The van der Waals surface area contributed by atoms with Crippen molar-refractivity contribution in [2.24, 2.45) is 4.99 Å². The minimum absolute atomic E-state index is 0.225. The van der Waals surface area contributed by atoms with Crippen LogP contribution >= 0.6 is 23.4 Å². The number of carboxylic acid groups (broad SMARTS) is 1. The highest BCUT2D eigenvalue weighted by Gasteiger charge is 2.38. The second-order valence-electron chi connectivity index (χ2n) is 4.31. The molecule has 0 radical (unpaired) electrons. The van der Waals surface area contributed by atoms with Crippen molar-refractivity contribution in [2.75, 3.05) is 6.54 Å². The Balaban J connectivity index is 2.27. The fourth-order valence-electron chi connectivity index (χ4n) is 1.81. The van der Waals surface area contributed by atoms with Crippen LogP contribution in [0, 0.1) is 0 Å². The van der Waals surface area contributed by atoms with Crippen LogP contribution in [0.5, 0.6) is 0 Å². The van der Waals surface area contributed by atoms with E-state index in [0.29, 0.717) is 22.4 Å². The number of benzene rings is 1. The van der Waals surface area contributed by atoms with Crippen molar-refractivity contribution in [1.29, 1.82) is 0 Å². The van der Waals surface area contributed by atoms with E-state index in [9.17, 15) is 9.59 Å². The summed E-state index contributed by atoms with van der Waals surface area (Å²) in [6.07, 6.45) is 1.36. The zero-order chi connectivity index (χ0) is 15.4. The van der Waals surface area contributed by atoms with E-state index in [0.717, 1.165) is 11.8 Å². The molecule has 0 aromatic heterocycles. The monoisotopic (exact) mass is 324 g/mol. The zero-order valence-electron chi connectivity index (χ0n) is 11.0. The zero-order valence-corrected chi connectivity index (χ0v) is 12.6. The van der Waals surface area contributed by atoms with Crippen molar-refractivity contribution in [3.8, 4) is 0 Å². The third-order valence-corrected chi connectivity index (χ3v) is 4.17. The lowest BCUT2D eigenvalue weighted by atomic mass is 10.2. The van der Waals surface area contributed by atoms with Crippen molar-refractivity contribution in [3.63, 3.8) is 0 Å². The third-order valence-electron chi connectivity index (χ3n) is 2.74. The molecule has 1 atom stereocenters. The van der Waals surface area contributed by atoms with E-state index in [1.165, 1.54) is 4.90 Å². The van der Waals surface area contributed by atoms with Crippen LogP contribution in [-0.2, 0) is 9.59 Å². The number of hydrogen-bond acceptors (Lipinski definition) is 4. The van der Waals surface area contributed by atoms with Crippen LogP contribution in [0.4, 0.5) is 5.69 Å². The topological polar surface area (TPSA) is 70.0 Å². The molecule has 0 aliphatic carbocycles.